The van der Waals surface area contributed by atoms with Gasteiger partial charge in [0.1, 0.15) is 0 Å². The van der Waals surface area contributed by atoms with Crippen LogP contribution in [0.15, 0.2) is 48.5 Å². The Balaban J connectivity index is 2.50. The fourth-order valence-electron chi connectivity index (χ4n) is 2.54. The van der Waals surface area contributed by atoms with Gasteiger partial charge in [-0.2, -0.15) is 0 Å². The fourth-order valence-corrected chi connectivity index (χ4v) is 2.86. The van der Waals surface area contributed by atoms with E-state index in [1.165, 1.54) is 22.3 Å². The maximum Gasteiger partial charge on any atom is 0.0348 e. The molecule has 2 unspecified atom stereocenters. The lowest BCUT2D eigenvalue weighted by molar-refractivity contribution is 0.872. The quantitative estimate of drug-likeness (QED) is 0.622. The van der Waals surface area contributed by atoms with Gasteiger partial charge in [-0.25, -0.2) is 0 Å². The third-order valence-electron chi connectivity index (χ3n) is 3.34. The van der Waals surface area contributed by atoms with Crippen molar-refractivity contribution in [1.82, 2.24) is 0 Å². The molecule has 0 fully saturated rings. The average molecular weight is 307 g/mol. The van der Waals surface area contributed by atoms with E-state index in [0.29, 0.717) is 0 Å². The predicted octanol–water partition coefficient (Wildman–Crippen LogP) is 5.69. The van der Waals surface area contributed by atoms with Gasteiger partial charge in [0, 0.05) is 10.8 Å². The number of rotatable bonds is 5. The molecule has 0 aliphatic rings. The third-order valence-corrected chi connectivity index (χ3v) is 3.65. The molecule has 20 heavy (non-hydrogen) atoms. The first-order valence-corrected chi connectivity index (χ1v) is 7.89. The molecule has 0 bridgehead atoms. The predicted molar refractivity (Wildman–Crippen MR) is 89.9 cm³/mol. The van der Waals surface area contributed by atoms with Crippen LogP contribution in [0.4, 0.5) is 0 Å². The summed E-state index contributed by atoms with van der Waals surface area (Å²) in [6.45, 7) is 4.07. The largest absolute Gasteiger partial charge is 0.123 e. The lowest BCUT2D eigenvalue weighted by atomic mass is 9.91. The molecule has 2 heteroatoms. The highest BCUT2D eigenvalue weighted by molar-refractivity contribution is 6.20. The topological polar surface area (TPSA) is 0 Å². The number of benzene rings is 2. The van der Waals surface area contributed by atoms with E-state index in [1.807, 2.05) is 19.9 Å². The Morgan fingerprint density at radius 3 is 2.05 bits per heavy atom. The Bertz CT molecular complexity index is 545. The maximum absolute atomic E-state index is 6.25. The van der Waals surface area contributed by atoms with Crippen LogP contribution >= 0.6 is 23.2 Å². The summed E-state index contributed by atoms with van der Waals surface area (Å²) in [5.74, 6) is 0. The first-order chi connectivity index (χ1) is 9.58. The zero-order chi connectivity index (χ0) is 14.5. The van der Waals surface area contributed by atoms with E-state index in [4.69, 9.17) is 23.2 Å². The Hall–Kier alpha value is -0.980. The first-order valence-electron chi connectivity index (χ1n) is 7.02. The zero-order valence-electron chi connectivity index (χ0n) is 11.9. The molecular formula is C18H20Cl2. The summed E-state index contributed by atoms with van der Waals surface area (Å²) < 4.78 is 0. The molecule has 2 atom stereocenters. The normalized spacial score (nSPS) is 14.0. The van der Waals surface area contributed by atoms with Gasteiger partial charge in [0.05, 0.1) is 0 Å². The molecule has 0 spiro atoms. The SMILES string of the molecule is CC(Cl)Cc1cccc(-c2ccccc2)c1CC(C)Cl. The van der Waals surface area contributed by atoms with Crippen molar-refractivity contribution in [3.05, 3.63) is 59.7 Å². The van der Waals surface area contributed by atoms with Crippen LogP contribution in [0.25, 0.3) is 11.1 Å². The van der Waals surface area contributed by atoms with E-state index in [1.54, 1.807) is 0 Å². The Labute approximate surface area is 131 Å². The van der Waals surface area contributed by atoms with Crippen molar-refractivity contribution < 1.29 is 0 Å². The minimum Gasteiger partial charge on any atom is -0.123 e. The summed E-state index contributed by atoms with van der Waals surface area (Å²) in [5.41, 5.74) is 5.15. The van der Waals surface area contributed by atoms with Crippen molar-refractivity contribution in [2.45, 2.75) is 37.4 Å². The summed E-state index contributed by atoms with van der Waals surface area (Å²) in [6.07, 6.45) is 1.74. The maximum atomic E-state index is 6.25. The van der Waals surface area contributed by atoms with Gasteiger partial charge in [-0.15, -0.1) is 23.2 Å². The minimum absolute atomic E-state index is 0.115. The summed E-state index contributed by atoms with van der Waals surface area (Å²) >= 11 is 12.4. The van der Waals surface area contributed by atoms with E-state index in [-0.39, 0.29) is 10.8 Å². The molecule has 2 aromatic carbocycles. The summed E-state index contributed by atoms with van der Waals surface area (Å²) in [6, 6.07) is 16.9. The van der Waals surface area contributed by atoms with E-state index in [2.05, 4.69) is 42.5 Å². The highest BCUT2D eigenvalue weighted by Crippen LogP contribution is 2.29. The van der Waals surface area contributed by atoms with Crippen molar-refractivity contribution in [1.29, 1.82) is 0 Å². The van der Waals surface area contributed by atoms with Gasteiger partial charge in [-0.05, 0) is 48.9 Å². The van der Waals surface area contributed by atoms with Gasteiger partial charge < -0.3 is 0 Å². The second-order valence-electron chi connectivity index (χ2n) is 5.28. The second kappa shape index (κ2) is 7.15. The van der Waals surface area contributed by atoms with E-state index in [0.717, 1.165) is 12.8 Å². The molecule has 0 N–H and O–H groups in total. The molecular weight excluding hydrogens is 287 g/mol. The molecule has 2 rings (SSSR count). The standard InChI is InChI=1S/C18H20Cl2/c1-13(19)11-16-9-6-10-17(18(16)12-14(2)20)15-7-4-3-5-8-15/h3-10,13-14H,11-12H2,1-2H3. The highest BCUT2D eigenvalue weighted by Gasteiger charge is 2.13. The Morgan fingerprint density at radius 2 is 1.45 bits per heavy atom. The van der Waals surface area contributed by atoms with Gasteiger partial charge in [-0.1, -0.05) is 48.5 Å². The monoisotopic (exact) mass is 306 g/mol. The lowest BCUT2D eigenvalue weighted by Gasteiger charge is -2.17. The van der Waals surface area contributed by atoms with Crippen LogP contribution in [-0.2, 0) is 12.8 Å². The molecule has 0 amide bonds. The van der Waals surface area contributed by atoms with Crippen molar-refractivity contribution in [2.24, 2.45) is 0 Å². The van der Waals surface area contributed by atoms with Crippen LogP contribution in [0.5, 0.6) is 0 Å². The summed E-state index contributed by atoms with van der Waals surface area (Å²) in [5, 5.41) is 0.245. The van der Waals surface area contributed by atoms with Gasteiger partial charge in [0.25, 0.3) is 0 Å². The average Bonchev–Trinajstić information content (AvgIpc) is 2.40. The summed E-state index contributed by atoms with van der Waals surface area (Å²) in [7, 11) is 0. The molecule has 0 aliphatic carbocycles. The smallest absolute Gasteiger partial charge is 0.0348 e. The number of hydrogen-bond acceptors (Lipinski definition) is 0. The molecule has 0 saturated carbocycles. The van der Waals surface area contributed by atoms with Crippen molar-refractivity contribution >= 4 is 23.2 Å². The number of alkyl halides is 2. The van der Waals surface area contributed by atoms with E-state index in [9.17, 15) is 0 Å². The van der Waals surface area contributed by atoms with Crippen molar-refractivity contribution in [3.8, 4) is 11.1 Å². The second-order valence-corrected chi connectivity index (χ2v) is 6.77. The van der Waals surface area contributed by atoms with Crippen LogP contribution in [0, 0.1) is 0 Å². The van der Waals surface area contributed by atoms with Crippen molar-refractivity contribution in [2.75, 3.05) is 0 Å². The molecule has 0 aromatic heterocycles. The molecule has 0 saturated heterocycles. The van der Waals surface area contributed by atoms with Gasteiger partial charge in [0.15, 0.2) is 0 Å². The van der Waals surface area contributed by atoms with Crippen LogP contribution in [-0.4, -0.2) is 10.8 Å². The molecule has 0 radical (unpaired) electrons. The summed E-state index contributed by atoms with van der Waals surface area (Å²) in [4.78, 5) is 0. The highest BCUT2D eigenvalue weighted by atomic mass is 35.5. The van der Waals surface area contributed by atoms with Gasteiger partial charge in [0.2, 0.25) is 0 Å². The number of hydrogen-bond donors (Lipinski definition) is 0. The Kier molecular flexibility index (Phi) is 5.51. The van der Waals surface area contributed by atoms with Crippen LogP contribution < -0.4 is 0 Å². The molecule has 106 valence electrons. The minimum atomic E-state index is 0.115. The van der Waals surface area contributed by atoms with Gasteiger partial charge >= 0.3 is 0 Å². The zero-order valence-corrected chi connectivity index (χ0v) is 13.5. The van der Waals surface area contributed by atoms with Crippen LogP contribution in [0.3, 0.4) is 0 Å². The van der Waals surface area contributed by atoms with Crippen molar-refractivity contribution in [3.63, 3.8) is 0 Å². The van der Waals surface area contributed by atoms with Gasteiger partial charge in [-0.3, -0.25) is 0 Å². The van der Waals surface area contributed by atoms with Crippen LogP contribution in [0.2, 0.25) is 0 Å². The lowest BCUT2D eigenvalue weighted by Crippen LogP contribution is -2.07. The Morgan fingerprint density at radius 1 is 0.800 bits per heavy atom. The van der Waals surface area contributed by atoms with Crippen LogP contribution in [0.1, 0.15) is 25.0 Å². The fraction of sp³-hybridized carbons (Fsp3) is 0.333. The molecule has 2 aromatic rings. The molecule has 0 aliphatic heterocycles. The van der Waals surface area contributed by atoms with E-state index < -0.39 is 0 Å². The first kappa shape index (κ1) is 15.4. The third kappa shape index (κ3) is 4.01. The van der Waals surface area contributed by atoms with E-state index >= 15 is 0 Å². The molecule has 0 nitrogen and oxygen atoms in total. The molecule has 0 heterocycles. The number of halogens is 2.